The van der Waals surface area contributed by atoms with Crippen molar-refractivity contribution in [3.8, 4) is 0 Å². The first-order valence-corrected chi connectivity index (χ1v) is 28.6. The van der Waals surface area contributed by atoms with E-state index in [2.05, 4.69) is 108 Å². The monoisotopic (exact) mass is 648 g/mol. The van der Waals surface area contributed by atoms with Crippen LogP contribution in [-0.2, 0) is 8.85 Å². The second-order valence-electron chi connectivity index (χ2n) is 14.6. The summed E-state index contributed by atoms with van der Waals surface area (Å²) in [4.78, 5) is 0. The van der Waals surface area contributed by atoms with E-state index in [4.69, 9.17) is 8.85 Å². The molecule has 0 saturated heterocycles. The van der Waals surface area contributed by atoms with E-state index in [1.807, 2.05) is 3.59 Å². The molecule has 0 aliphatic rings. The zero-order valence-corrected chi connectivity index (χ0v) is 32.5. The van der Waals surface area contributed by atoms with Gasteiger partial charge in [0, 0.05) is 0 Å². The molecule has 0 fully saturated rings. The van der Waals surface area contributed by atoms with Gasteiger partial charge in [0.15, 0.2) is 0 Å². The number of hydrogen-bond donors (Lipinski definition) is 0. The van der Waals surface area contributed by atoms with Gasteiger partial charge in [0.2, 0.25) is 0 Å². The predicted molar refractivity (Wildman–Crippen MR) is 173 cm³/mol. The fourth-order valence-electron chi connectivity index (χ4n) is 4.95. The fourth-order valence-corrected chi connectivity index (χ4v) is 25.8. The maximum atomic E-state index is 7.29. The molecule has 0 heterocycles. The molecule has 0 bridgehead atoms. The van der Waals surface area contributed by atoms with E-state index < -0.39 is 35.0 Å². The molecule has 2 nitrogen and oxygen atoms in total. The molecule has 36 heavy (non-hydrogen) atoms. The van der Waals surface area contributed by atoms with Crippen molar-refractivity contribution in [2.75, 3.05) is 6.61 Å². The van der Waals surface area contributed by atoms with E-state index in [1.54, 1.807) is 0 Å². The van der Waals surface area contributed by atoms with E-state index in [9.17, 15) is 0 Å². The van der Waals surface area contributed by atoms with Crippen LogP contribution in [0.25, 0.3) is 0 Å². The summed E-state index contributed by atoms with van der Waals surface area (Å²) >= 11 is -2.56. The van der Waals surface area contributed by atoms with Crippen molar-refractivity contribution in [1.29, 1.82) is 0 Å². The summed E-state index contributed by atoms with van der Waals surface area (Å²) in [6.07, 6.45) is 10.9. The first-order valence-electron chi connectivity index (χ1n) is 15.3. The summed E-state index contributed by atoms with van der Waals surface area (Å²) in [5.41, 5.74) is 0. The van der Waals surface area contributed by atoms with Gasteiger partial charge >= 0.3 is 236 Å². The van der Waals surface area contributed by atoms with Crippen molar-refractivity contribution in [3.63, 3.8) is 0 Å². The molecule has 0 aromatic rings. The summed E-state index contributed by atoms with van der Waals surface area (Å²) in [5.74, 6) is 0.454. The molecule has 0 amide bonds. The van der Waals surface area contributed by atoms with Crippen LogP contribution in [0.15, 0.2) is 9.67 Å². The van der Waals surface area contributed by atoms with Crippen LogP contribution in [0, 0.1) is 5.92 Å². The molecule has 0 saturated carbocycles. The molecular formula is C31H68O2Si2Sn. The van der Waals surface area contributed by atoms with Crippen LogP contribution < -0.4 is 0 Å². The summed E-state index contributed by atoms with van der Waals surface area (Å²) in [7, 11) is -3.79. The van der Waals surface area contributed by atoms with Crippen LogP contribution >= 0.6 is 0 Å². The molecule has 0 aliphatic carbocycles. The third-order valence-electron chi connectivity index (χ3n) is 9.67. The van der Waals surface area contributed by atoms with Crippen LogP contribution in [0.2, 0.25) is 49.6 Å². The molecule has 0 aromatic heterocycles. The summed E-state index contributed by atoms with van der Waals surface area (Å²) in [6.45, 7) is 36.6. The zero-order valence-electron chi connectivity index (χ0n) is 27.6. The van der Waals surface area contributed by atoms with Gasteiger partial charge in [-0.25, -0.2) is 0 Å². The first-order chi connectivity index (χ1) is 16.4. The van der Waals surface area contributed by atoms with Gasteiger partial charge in [-0.3, -0.25) is 0 Å². The van der Waals surface area contributed by atoms with E-state index in [0.717, 1.165) is 6.61 Å². The van der Waals surface area contributed by atoms with Gasteiger partial charge in [-0.05, 0) is 0 Å². The molecule has 5 heteroatoms. The molecular weight excluding hydrogens is 579 g/mol. The molecule has 0 aliphatic heterocycles. The van der Waals surface area contributed by atoms with Gasteiger partial charge in [0.1, 0.15) is 0 Å². The molecule has 0 N–H and O–H groups in total. The summed E-state index contributed by atoms with van der Waals surface area (Å²) in [6, 6.07) is 0. The third kappa shape index (κ3) is 10.8. The SMILES string of the molecule is C/C=[C](/[C@@H](C)[C@H](CO[Si](C)(C)C(C)(C)C)O[Si](C)(C)C(C)(C)C)[Sn]([CH2]CCC)([CH2]CCC)[CH2]CCC. The van der Waals surface area contributed by atoms with E-state index in [-0.39, 0.29) is 16.2 Å². The van der Waals surface area contributed by atoms with Crippen LogP contribution in [0.4, 0.5) is 0 Å². The Hall–Kier alpha value is 0.892. The standard InChI is InChI=1S/C19H41O2Si2.3C4H9.Sn/c1-13-14-16(2)17(21-23(11,12)19(6,7)8)15-20-22(9,10)18(3,4)5;3*1-3-4-2;/h13,16-17H,15H2,1-12H3;3*1,3-4H2,2H3;/t16-,17+;;;;/m1..../s1. The van der Waals surface area contributed by atoms with Gasteiger partial charge < -0.3 is 0 Å². The Balaban J connectivity index is 6.50. The van der Waals surface area contributed by atoms with Gasteiger partial charge in [0.05, 0.1) is 0 Å². The summed E-state index contributed by atoms with van der Waals surface area (Å²) in [5, 5.41) is 0.415. The second kappa shape index (κ2) is 15.6. The van der Waals surface area contributed by atoms with Crippen molar-refractivity contribution in [1.82, 2.24) is 0 Å². The number of unbranched alkanes of at least 4 members (excludes halogenated alkanes) is 3. The van der Waals surface area contributed by atoms with Gasteiger partial charge in [-0.15, -0.1) is 0 Å². The van der Waals surface area contributed by atoms with Crippen LogP contribution in [0.5, 0.6) is 0 Å². The van der Waals surface area contributed by atoms with Crippen LogP contribution in [0.3, 0.4) is 0 Å². The van der Waals surface area contributed by atoms with E-state index in [0.29, 0.717) is 5.92 Å². The van der Waals surface area contributed by atoms with Gasteiger partial charge in [-0.1, -0.05) is 0 Å². The molecule has 2 atom stereocenters. The zero-order chi connectivity index (χ0) is 28.4. The topological polar surface area (TPSA) is 18.5 Å². The van der Waals surface area contributed by atoms with E-state index >= 15 is 0 Å². The summed E-state index contributed by atoms with van der Waals surface area (Å²) < 4.78 is 20.6. The molecule has 0 spiro atoms. The Morgan fingerprint density at radius 3 is 1.44 bits per heavy atom. The van der Waals surface area contributed by atoms with Crippen LogP contribution in [0.1, 0.15) is 115 Å². The minimum atomic E-state index is -2.56. The Bertz CT molecular complexity index is 622. The molecule has 0 unspecified atom stereocenters. The Morgan fingerprint density at radius 1 is 0.750 bits per heavy atom. The first kappa shape index (κ1) is 36.9. The molecule has 0 rings (SSSR count). The Morgan fingerprint density at radius 2 is 1.14 bits per heavy atom. The van der Waals surface area contributed by atoms with Crippen molar-refractivity contribution < 1.29 is 8.85 Å². The maximum absolute atomic E-state index is 7.29. The van der Waals surface area contributed by atoms with Gasteiger partial charge in [0.25, 0.3) is 0 Å². The third-order valence-corrected chi connectivity index (χ3v) is 35.5. The van der Waals surface area contributed by atoms with Crippen LogP contribution in [-0.4, -0.2) is 47.7 Å². The van der Waals surface area contributed by atoms with Crippen molar-refractivity contribution in [2.24, 2.45) is 5.92 Å². The van der Waals surface area contributed by atoms with E-state index in [1.165, 1.54) is 51.8 Å². The number of allylic oxidation sites excluding steroid dienone is 1. The average molecular weight is 648 g/mol. The van der Waals surface area contributed by atoms with Gasteiger partial charge in [-0.2, -0.15) is 0 Å². The number of hydrogen-bond acceptors (Lipinski definition) is 2. The molecule has 0 aromatic carbocycles. The average Bonchev–Trinajstić information content (AvgIpc) is 2.75. The second-order valence-corrected chi connectivity index (χ2v) is 37.4. The molecule has 0 radical (unpaired) electrons. The minimum absolute atomic E-state index is 0.159. The Labute approximate surface area is 235 Å². The quantitative estimate of drug-likeness (QED) is 0.146. The predicted octanol–water partition coefficient (Wildman–Crippen LogP) is 11.4. The normalized spacial score (nSPS) is 16.4. The van der Waals surface area contributed by atoms with Crippen molar-refractivity contribution >= 4 is 35.0 Å². The number of rotatable bonds is 17. The fraction of sp³-hybridized carbons (Fsp3) is 0.935. The molecule has 216 valence electrons. The van der Waals surface area contributed by atoms with Crippen molar-refractivity contribution in [3.05, 3.63) is 9.67 Å². The van der Waals surface area contributed by atoms with Crippen molar-refractivity contribution in [2.45, 2.75) is 170 Å². The Kier molecular flexibility index (Phi) is 16.0.